The highest BCUT2D eigenvalue weighted by molar-refractivity contribution is 5.80. The van der Waals surface area contributed by atoms with E-state index in [-0.39, 0.29) is 18.5 Å². The first-order valence-corrected chi connectivity index (χ1v) is 9.56. The molecule has 7 heteroatoms. The molecule has 1 aliphatic carbocycles. The minimum atomic E-state index is -0.778. The third-order valence-corrected chi connectivity index (χ3v) is 6.01. The van der Waals surface area contributed by atoms with E-state index in [4.69, 9.17) is 9.47 Å². The summed E-state index contributed by atoms with van der Waals surface area (Å²) in [5.74, 6) is 0.537. The molecule has 0 unspecified atom stereocenters. The van der Waals surface area contributed by atoms with Crippen molar-refractivity contribution in [3.63, 3.8) is 0 Å². The summed E-state index contributed by atoms with van der Waals surface area (Å²) in [7, 11) is 3.17. The number of nitrogens with zero attached hydrogens (tertiary/aromatic N) is 1. The van der Waals surface area contributed by atoms with Gasteiger partial charge in [0.05, 0.1) is 19.6 Å². The van der Waals surface area contributed by atoms with Crippen molar-refractivity contribution in [3.8, 4) is 11.5 Å². The minimum absolute atomic E-state index is 0.0519. The summed E-state index contributed by atoms with van der Waals surface area (Å²) in [5, 5.41) is 12.6. The van der Waals surface area contributed by atoms with E-state index in [1.165, 1.54) is 0 Å². The van der Waals surface area contributed by atoms with Gasteiger partial charge in [-0.25, -0.2) is 4.79 Å². The topological polar surface area (TPSA) is 88.1 Å². The molecular formula is C21H28N2O5. The normalized spacial score (nSPS) is 23.2. The van der Waals surface area contributed by atoms with Gasteiger partial charge >= 0.3 is 12.0 Å². The Hall–Kier alpha value is -2.70. The lowest BCUT2D eigenvalue weighted by Crippen LogP contribution is -2.41. The van der Waals surface area contributed by atoms with Crippen LogP contribution >= 0.6 is 0 Å². The molecule has 2 atom stereocenters. The molecule has 0 bridgehead atoms. The predicted octanol–water partition coefficient (Wildman–Crippen LogP) is 2.83. The summed E-state index contributed by atoms with van der Waals surface area (Å²) < 4.78 is 10.8. The van der Waals surface area contributed by atoms with Gasteiger partial charge in [-0.1, -0.05) is 12.5 Å². The number of rotatable bonds is 7. The zero-order valence-electron chi connectivity index (χ0n) is 16.5. The number of aliphatic carboxylic acids is 1. The van der Waals surface area contributed by atoms with E-state index in [1.54, 1.807) is 25.2 Å². The van der Waals surface area contributed by atoms with Crippen molar-refractivity contribution in [1.82, 2.24) is 10.2 Å². The molecule has 28 heavy (non-hydrogen) atoms. The van der Waals surface area contributed by atoms with Crippen LogP contribution < -0.4 is 14.8 Å². The minimum Gasteiger partial charge on any atom is -0.493 e. The van der Waals surface area contributed by atoms with E-state index in [9.17, 15) is 14.7 Å². The number of fused-ring (bicyclic) bond motifs is 1. The second kappa shape index (κ2) is 8.12. The molecule has 0 radical (unpaired) electrons. The highest BCUT2D eigenvalue weighted by atomic mass is 16.5. The molecule has 1 aliphatic heterocycles. The summed E-state index contributed by atoms with van der Waals surface area (Å²) in [5.41, 5.74) is 1.05. The van der Waals surface area contributed by atoms with Crippen molar-refractivity contribution >= 4 is 12.0 Å². The van der Waals surface area contributed by atoms with Crippen molar-refractivity contribution in [2.24, 2.45) is 11.3 Å². The van der Waals surface area contributed by atoms with Crippen LogP contribution in [0, 0.1) is 11.3 Å². The van der Waals surface area contributed by atoms with Crippen LogP contribution in [0.3, 0.4) is 0 Å². The number of carboxylic acid groups (broad SMARTS) is 1. The molecule has 152 valence electrons. The number of nitrogens with one attached hydrogen (secondary N) is 1. The molecule has 1 heterocycles. The van der Waals surface area contributed by atoms with Crippen LogP contribution in [0.25, 0.3) is 0 Å². The molecule has 2 aliphatic rings. The maximum atomic E-state index is 12.7. The van der Waals surface area contributed by atoms with E-state index < -0.39 is 11.4 Å². The number of carbonyl (C=O) groups is 2. The van der Waals surface area contributed by atoms with Gasteiger partial charge in [0.25, 0.3) is 0 Å². The Morgan fingerprint density at radius 1 is 1.39 bits per heavy atom. The maximum Gasteiger partial charge on any atom is 0.317 e. The predicted molar refractivity (Wildman–Crippen MR) is 105 cm³/mol. The summed E-state index contributed by atoms with van der Waals surface area (Å²) in [6.07, 6.45) is 4.85. The van der Waals surface area contributed by atoms with Gasteiger partial charge < -0.3 is 24.8 Å². The Morgan fingerprint density at radius 2 is 2.18 bits per heavy atom. The zero-order chi connectivity index (χ0) is 20.3. The lowest BCUT2D eigenvalue weighted by Gasteiger charge is -2.23. The molecule has 1 saturated carbocycles. The third kappa shape index (κ3) is 3.53. The van der Waals surface area contributed by atoms with E-state index >= 15 is 0 Å². The van der Waals surface area contributed by atoms with E-state index in [1.807, 2.05) is 12.1 Å². The standard InChI is InChI=1S/C21H28N2O5/c1-4-6-15-9-14(10-17(27-2)18(15)28-3)11-22-20(26)23-12-16-7-5-8-21(16,13-23)19(24)25/h4,9-10,16H,1,5-8,11-13H2,2-3H3,(H,22,26)(H,24,25)/t16-,21+/m0/s1. The number of likely N-dealkylation sites (tertiary alicyclic amines) is 1. The van der Waals surface area contributed by atoms with E-state index in [2.05, 4.69) is 11.9 Å². The van der Waals surface area contributed by atoms with Crippen molar-refractivity contribution in [1.29, 1.82) is 0 Å². The van der Waals surface area contributed by atoms with Crippen molar-refractivity contribution in [2.45, 2.75) is 32.2 Å². The first-order valence-electron chi connectivity index (χ1n) is 9.56. The fourth-order valence-electron chi connectivity index (χ4n) is 4.60. The van der Waals surface area contributed by atoms with Gasteiger partial charge in [0.15, 0.2) is 11.5 Å². The van der Waals surface area contributed by atoms with Crippen molar-refractivity contribution in [2.75, 3.05) is 27.3 Å². The first-order chi connectivity index (χ1) is 13.4. The van der Waals surface area contributed by atoms with Crippen LogP contribution in [0.1, 0.15) is 30.4 Å². The Kier molecular flexibility index (Phi) is 5.82. The molecule has 0 aromatic heterocycles. The van der Waals surface area contributed by atoms with Gasteiger partial charge in [0.2, 0.25) is 0 Å². The van der Waals surface area contributed by atoms with Gasteiger partial charge in [-0.3, -0.25) is 4.79 Å². The first kappa shape index (κ1) is 20.0. The summed E-state index contributed by atoms with van der Waals surface area (Å²) >= 11 is 0. The molecule has 3 rings (SSSR count). The summed E-state index contributed by atoms with van der Waals surface area (Å²) in [6, 6.07) is 3.57. The fraction of sp³-hybridized carbons (Fsp3) is 0.524. The lowest BCUT2D eigenvalue weighted by atomic mass is 9.81. The second-order valence-electron chi connectivity index (χ2n) is 7.57. The van der Waals surface area contributed by atoms with Gasteiger partial charge in [0, 0.05) is 25.2 Å². The Balaban J connectivity index is 1.69. The number of carboxylic acids is 1. The third-order valence-electron chi connectivity index (χ3n) is 6.01. The highest BCUT2D eigenvalue weighted by Crippen LogP contribution is 2.48. The van der Waals surface area contributed by atoms with Gasteiger partial charge in [0.1, 0.15) is 0 Å². The quantitative estimate of drug-likeness (QED) is 0.702. The molecule has 0 spiro atoms. The van der Waals surface area contributed by atoms with Crippen LogP contribution in [0.5, 0.6) is 11.5 Å². The maximum absolute atomic E-state index is 12.7. The number of urea groups is 1. The summed E-state index contributed by atoms with van der Waals surface area (Å²) in [6.45, 7) is 4.88. The van der Waals surface area contributed by atoms with Gasteiger partial charge in [-0.15, -0.1) is 6.58 Å². The smallest absolute Gasteiger partial charge is 0.317 e. The highest BCUT2D eigenvalue weighted by Gasteiger charge is 2.55. The Labute approximate surface area is 165 Å². The van der Waals surface area contributed by atoms with E-state index in [0.29, 0.717) is 37.4 Å². The number of ether oxygens (including phenoxy) is 2. The lowest BCUT2D eigenvalue weighted by molar-refractivity contribution is -0.149. The fourth-order valence-corrected chi connectivity index (χ4v) is 4.60. The number of carbonyl (C=O) groups excluding carboxylic acids is 1. The molecule has 1 saturated heterocycles. The van der Waals surface area contributed by atoms with Crippen molar-refractivity contribution in [3.05, 3.63) is 35.9 Å². The monoisotopic (exact) mass is 388 g/mol. The second-order valence-corrected chi connectivity index (χ2v) is 7.57. The SMILES string of the molecule is C=CCc1cc(CNC(=O)N2C[C@@H]3CCC[C@@]3(C(=O)O)C2)cc(OC)c1OC. The molecule has 2 N–H and O–H groups in total. The number of amides is 2. The number of hydrogen-bond acceptors (Lipinski definition) is 4. The number of allylic oxidation sites excluding steroid dienone is 1. The van der Waals surface area contributed by atoms with Gasteiger partial charge in [-0.2, -0.15) is 0 Å². The average molecular weight is 388 g/mol. The number of hydrogen-bond donors (Lipinski definition) is 2. The van der Waals surface area contributed by atoms with E-state index in [0.717, 1.165) is 24.0 Å². The van der Waals surface area contributed by atoms with Crippen LogP contribution in [0.2, 0.25) is 0 Å². The molecule has 1 aromatic carbocycles. The molecule has 2 fully saturated rings. The molecule has 2 amide bonds. The Morgan fingerprint density at radius 3 is 2.79 bits per heavy atom. The number of benzene rings is 1. The zero-order valence-corrected chi connectivity index (χ0v) is 16.5. The van der Waals surface area contributed by atoms with Crippen LogP contribution in [0.4, 0.5) is 4.79 Å². The molecule has 1 aromatic rings. The number of methoxy groups -OCH3 is 2. The van der Waals surface area contributed by atoms with Crippen LogP contribution in [0.15, 0.2) is 24.8 Å². The largest absolute Gasteiger partial charge is 0.493 e. The van der Waals surface area contributed by atoms with Crippen molar-refractivity contribution < 1.29 is 24.2 Å². The molecular weight excluding hydrogens is 360 g/mol. The van der Waals surface area contributed by atoms with Crippen LogP contribution in [-0.4, -0.2) is 49.3 Å². The molecule has 7 nitrogen and oxygen atoms in total. The summed E-state index contributed by atoms with van der Waals surface area (Å²) in [4.78, 5) is 26.1. The van der Waals surface area contributed by atoms with Gasteiger partial charge in [-0.05, 0) is 42.9 Å². The Bertz CT molecular complexity index is 778. The van der Waals surface area contributed by atoms with Crippen LogP contribution in [-0.2, 0) is 17.8 Å². The average Bonchev–Trinajstić information content (AvgIpc) is 3.24.